The number of nitrogens with one attached hydrogen (secondary N) is 2. The van der Waals surface area contributed by atoms with E-state index in [4.69, 9.17) is 16.6 Å². The minimum Gasteiger partial charge on any atom is -0.351 e. The van der Waals surface area contributed by atoms with Gasteiger partial charge >= 0.3 is 0 Å². The third-order valence-corrected chi connectivity index (χ3v) is 5.12. The molecule has 0 aliphatic heterocycles. The number of aromatic nitrogens is 3. The summed E-state index contributed by atoms with van der Waals surface area (Å²) in [4.78, 5) is 13.4. The predicted molar refractivity (Wildman–Crippen MR) is 110 cm³/mol. The molecule has 28 heavy (non-hydrogen) atoms. The lowest BCUT2D eigenvalue weighted by Gasteiger charge is -2.23. The van der Waals surface area contributed by atoms with Crippen molar-refractivity contribution in [3.63, 3.8) is 0 Å². The molecule has 0 radical (unpaired) electrons. The Hall–Kier alpha value is -2.73. The van der Waals surface area contributed by atoms with Crippen LogP contribution in [0.3, 0.4) is 0 Å². The molecule has 4 rings (SSSR count). The van der Waals surface area contributed by atoms with Crippen LogP contribution in [-0.4, -0.2) is 21.0 Å². The van der Waals surface area contributed by atoms with Crippen LogP contribution in [0.1, 0.15) is 32.1 Å². The molecule has 1 aliphatic carbocycles. The first-order valence-corrected chi connectivity index (χ1v) is 9.83. The fourth-order valence-electron chi connectivity index (χ4n) is 3.40. The van der Waals surface area contributed by atoms with Crippen LogP contribution in [0.25, 0.3) is 11.3 Å². The summed E-state index contributed by atoms with van der Waals surface area (Å²) < 4.78 is 13.4. The van der Waals surface area contributed by atoms with Crippen LogP contribution < -0.4 is 10.6 Å². The molecule has 0 unspecified atom stereocenters. The summed E-state index contributed by atoms with van der Waals surface area (Å²) in [6.45, 7) is 0. The van der Waals surface area contributed by atoms with Crippen LogP contribution in [0.2, 0.25) is 5.02 Å². The normalized spacial score (nSPS) is 14.6. The Morgan fingerprint density at radius 2 is 1.75 bits per heavy atom. The van der Waals surface area contributed by atoms with Crippen molar-refractivity contribution >= 4 is 29.1 Å². The Bertz CT molecular complexity index is 945. The lowest BCUT2D eigenvalue weighted by molar-refractivity contribution is 0.461. The maximum absolute atomic E-state index is 13.4. The van der Waals surface area contributed by atoms with Crippen LogP contribution in [0.5, 0.6) is 0 Å². The first kappa shape index (κ1) is 18.6. The molecule has 1 fully saturated rings. The molecule has 1 aliphatic rings. The van der Waals surface area contributed by atoms with Gasteiger partial charge in [0, 0.05) is 35.8 Å². The maximum atomic E-state index is 13.4. The number of rotatable bonds is 5. The average molecular weight is 398 g/mol. The van der Waals surface area contributed by atoms with Gasteiger partial charge < -0.3 is 10.6 Å². The second kappa shape index (κ2) is 8.52. The molecular weight excluding hydrogens is 377 g/mol. The summed E-state index contributed by atoms with van der Waals surface area (Å²) in [6, 6.07) is 10.6. The zero-order valence-electron chi connectivity index (χ0n) is 15.3. The van der Waals surface area contributed by atoms with E-state index in [-0.39, 0.29) is 5.02 Å². The fourth-order valence-corrected chi connectivity index (χ4v) is 3.58. The Kier molecular flexibility index (Phi) is 5.67. The van der Waals surface area contributed by atoms with Gasteiger partial charge in [-0.1, -0.05) is 30.9 Å². The zero-order chi connectivity index (χ0) is 19.3. The van der Waals surface area contributed by atoms with E-state index in [1.807, 2.05) is 18.2 Å². The van der Waals surface area contributed by atoms with Crippen molar-refractivity contribution in [2.75, 3.05) is 10.6 Å². The number of hydrogen-bond donors (Lipinski definition) is 2. The molecule has 1 saturated carbocycles. The Morgan fingerprint density at radius 1 is 0.964 bits per heavy atom. The monoisotopic (exact) mass is 397 g/mol. The first-order chi connectivity index (χ1) is 13.7. The van der Waals surface area contributed by atoms with Crippen molar-refractivity contribution in [2.24, 2.45) is 0 Å². The van der Waals surface area contributed by atoms with E-state index in [1.54, 1.807) is 24.5 Å². The summed E-state index contributed by atoms with van der Waals surface area (Å²) in [5.74, 6) is 0.742. The van der Waals surface area contributed by atoms with Crippen molar-refractivity contribution in [1.29, 1.82) is 0 Å². The number of halogens is 2. The lowest BCUT2D eigenvalue weighted by Crippen LogP contribution is -2.23. The topological polar surface area (TPSA) is 62.7 Å². The molecule has 5 nitrogen and oxygen atoms in total. The molecular formula is C21H21ClFN5. The number of pyridine rings is 1. The van der Waals surface area contributed by atoms with Crippen LogP contribution in [0, 0.1) is 5.82 Å². The molecule has 2 N–H and O–H groups in total. The third-order valence-electron chi connectivity index (χ3n) is 4.83. The van der Waals surface area contributed by atoms with Gasteiger partial charge in [0.15, 0.2) is 0 Å². The number of hydrogen-bond acceptors (Lipinski definition) is 5. The van der Waals surface area contributed by atoms with E-state index >= 15 is 0 Å². The first-order valence-electron chi connectivity index (χ1n) is 9.45. The Morgan fingerprint density at radius 3 is 2.50 bits per heavy atom. The van der Waals surface area contributed by atoms with Gasteiger partial charge in [0.25, 0.3) is 0 Å². The SMILES string of the molecule is Fc1ccc(Nc2cc(-c3ccncc3)nc(NC3CCCCC3)n2)cc1Cl. The summed E-state index contributed by atoms with van der Waals surface area (Å²) in [5, 5.41) is 6.74. The van der Waals surface area contributed by atoms with Crippen LogP contribution in [0.15, 0.2) is 48.8 Å². The van der Waals surface area contributed by atoms with Crippen molar-refractivity contribution in [3.8, 4) is 11.3 Å². The smallest absolute Gasteiger partial charge is 0.225 e. The summed E-state index contributed by atoms with van der Waals surface area (Å²) in [6.07, 6.45) is 9.45. The summed E-state index contributed by atoms with van der Waals surface area (Å²) >= 11 is 5.90. The highest BCUT2D eigenvalue weighted by molar-refractivity contribution is 6.31. The van der Waals surface area contributed by atoms with Crippen LogP contribution in [0.4, 0.5) is 21.8 Å². The molecule has 144 valence electrons. The van der Waals surface area contributed by atoms with E-state index in [0.29, 0.717) is 23.5 Å². The van der Waals surface area contributed by atoms with Gasteiger partial charge in [-0.05, 0) is 43.2 Å². The van der Waals surface area contributed by atoms with Crippen molar-refractivity contribution in [3.05, 3.63) is 59.6 Å². The molecule has 0 bridgehead atoms. The largest absolute Gasteiger partial charge is 0.351 e. The molecule has 1 aromatic carbocycles. The van der Waals surface area contributed by atoms with Crippen LogP contribution in [-0.2, 0) is 0 Å². The highest BCUT2D eigenvalue weighted by atomic mass is 35.5. The zero-order valence-corrected chi connectivity index (χ0v) is 16.1. The quantitative estimate of drug-likeness (QED) is 0.568. The fraction of sp³-hybridized carbons (Fsp3) is 0.286. The summed E-state index contributed by atoms with van der Waals surface area (Å²) in [5.41, 5.74) is 2.39. The molecule has 2 aromatic heterocycles. The Labute approximate surface area is 168 Å². The van der Waals surface area contributed by atoms with Crippen molar-refractivity contribution < 1.29 is 4.39 Å². The van der Waals surface area contributed by atoms with E-state index in [2.05, 4.69) is 20.6 Å². The molecule has 0 saturated heterocycles. The molecule has 0 amide bonds. The van der Waals surface area contributed by atoms with Gasteiger partial charge in [-0.15, -0.1) is 0 Å². The predicted octanol–water partition coefficient (Wildman–Crippen LogP) is 5.82. The van der Waals surface area contributed by atoms with Gasteiger partial charge in [-0.25, -0.2) is 9.37 Å². The van der Waals surface area contributed by atoms with E-state index in [0.717, 1.165) is 24.1 Å². The van der Waals surface area contributed by atoms with Gasteiger partial charge in [-0.2, -0.15) is 4.98 Å². The molecule has 2 heterocycles. The minimum atomic E-state index is -0.452. The Balaban J connectivity index is 1.65. The molecule has 3 aromatic rings. The van der Waals surface area contributed by atoms with E-state index in [9.17, 15) is 4.39 Å². The lowest BCUT2D eigenvalue weighted by atomic mass is 9.96. The van der Waals surface area contributed by atoms with Gasteiger partial charge in [0.05, 0.1) is 10.7 Å². The van der Waals surface area contributed by atoms with Crippen molar-refractivity contribution in [2.45, 2.75) is 38.1 Å². The maximum Gasteiger partial charge on any atom is 0.225 e. The molecule has 0 spiro atoms. The third kappa shape index (κ3) is 4.57. The van der Waals surface area contributed by atoms with Gasteiger partial charge in [-0.3, -0.25) is 4.98 Å². The standard InChI is InChI=1S/C21H21ClFN5/c22-17-12-16(6-7-18(17)23)25-20-13-19(14-8-10-24-11-9-14)27-21(28-20)26-15-4-2-1-3-5-15/h6-13,15H,1-5H2,(H2,25,26,27,28). The highest BCUT2D eigenvalue weighted by Crippen LogP contribution is 2.27. The van der Waals surface area contributed by atoms with Gasteiger partial charge in [0.2, 0.25) is 5.95 Å². The minimum absolute atomic E-state index is 0.0639. The number of anilines is 3. The molecule has 0 atom stereocenters. The average Bonchev–Trinajstić information content (AvgIpc) is 2.72. The molecule has 7 heteroatoms. The summed E-state index contributed by atoms with van der Waals surface area (Å²) in [7, 11) is 0. The van der Waals surface area contributed by atoms with Crippen LogP contribution >= 0.6 is 11.6 Å². The van der Waals surface area contributed by atoms with Gasteiger partial charge in [0.1, 0.15) is 11.6 Å². The second-order valence-corrected chi connectivity index (χ2v) is 7.34. The van der Waals surface area contributed by atoms with E-state index < -0.39 is 5.82 Å². The number of benzene rings is 1. The highest BCUT2D eigenvalue weighted by Gasteiger charge is 2.16. The van der Waals surface area contributed by atoms with Crippen molar-refractivity contribution in [1.82, 2.24) is 15.0 Å². The number of nitrogens with zero attached hydrogens (tertiary/aromatic N) is 3. The second-order valence-electron chi connectivity index (χ2n) is 6.93. The van der Waals surface area contributed by atoms with E-state index in [1.165, 1.54) is 25.3 Å².